The lowest BCUT2D eigenvalue weighted by Gasteiger charge is -2.28. The fourth-order valence-electron chi connectivity index (χ4n) is 2.53. The third-order valence-corrected chi connectivity index (χ3v) is 3.46. The molecule has 0 radical (unpaired) electrons. The van der Waals surface area contributed by atoms with Crippen molar-refractivity contribution in [3.63, 3.8) is 0 Å². The summed E-state index contributed by atoms with van der Waals surface area (Å²) in [6, 6.07) is 11.6. The third-order valence-electron chi connectivity index (χ3n) is 3.46. The maximum atomic E-state index is 13.8. The molecule has 0 amide bonds. The van der Waals surface area contributed by atoms with Crippen molar-refractivity contribution in [2.45, 2.75) is 13.1 Å². The maximum Gasteiger partial charge on any atom is 0.177 e. The van der Waals surface area contributed by atoms with E-state index < -0.39 is 11.6 Å². The van der Waals surface area contributed by atoms with Gasteiger partial charge in [0.2, 0.25) is 0 Å². The molecule has 0 fully saturated rings. The molecule has 0 unspecified atom stereocenters. The van der Waals surface area contributed by atoms with Gasteiger partial charge in [-0.25, -0.2) is 8.78 Å². The first-order valence-electron chi connectivity index (χ1n) is 6.41. The zero-order chi connectivity index (χ0) is 14.1. The second kappa shape index (κ2) is 5.13. The summed E-state index contributed by atoms with van der Waals surface area (Å²) in [5, 5.41) is 0. The number of nitrogens with zero attached hydrogens (tertiary/aromatic N) is 1. The van der Waals surface area contributed by atoms with Crippen molar-refractivity contribution in [2.75, 3.05) is 6.54 Å². The molecule has 4 heteroatoms. The number of halogens is 2. The number of benzene rings is 2. The SMILES string of the molecule is O=C1CN(Cc2ccccc2)Cc2c(F)cc(F)cc21. The van der Waals surface area contributed by atoms with Crippen LogP contribution in [0.25, 0.3) is 0 Å². The molecule has 1 aliphatic heterocycles. The van der Waals surface area contributed by atoms with E-state index in [1.807, 2.05) is 35.2 Å². The Morgan fingerprint density at radius 1 is 1.05 bits per heavy atom. The van der Waals surface area contributed by atoms with E-state index in [1.165, 1.54) is 0 Å². The average Bonchev–Trinajstić information content (AvgIpc) is 2.41. The van der Waals surface area contributed by atoms with Crippen LogP contribution in [-0.2, 0) is 13.1 Å². The number of ketones is 1. The second-order valence-corrected chi connectivity index (χ2v) is 4.97. The van der Waals surface area contributed by atoms with E-state index >= 15 is 0 Å². The van der Waals surface area contributed by atoms with Gasteiger partial charge in [-0.15, -0.1) is 0 Å². The highest BCUT2D eigenvalue weighted by molar-refractivity contribution is 5.99. The van der Waals surface area contributed by atoms with Crippen molar-refractivity contribution in [1.82, 2.24) is 4.90 Å². The molecule has 20 heavy (non-hydrogen) atoms. The minimum Gasteiger partial charge on any atom is -0.293 e. The molecule has 0 aliphatic carbocycles. The predicted molar refractivity (Wildman–Crippen MR) is 71.2 cm³/mol. The third kappa shape index (κ3) is 2.47. The molecule has 2 nitrogen and oxygen atoms in total. The van der Waals surface area contributed by atoms with E-state index in [2.05, 4.69) is 0 Å². The molecule has 2 aromatic rings. The largest absolute Gasteiger partial charge is 0.293 e. The highest BCUT2D eigenvalue weighted by Crippen LogP contribution is 2.24. The first kappa shape index (κ1) is 12.9. The highest BCUT2D eigenvalue weighted by atomic mass is 19.1. The number of hydrogen-bond donors (Lipinski definition) is 0. The molecule has 1 heterocycles. The Kier molecular flexibility index (Phi) is 3.32. The van der Waals surface area contributed by atoms with E-state index in [1.54, 1.807) is 0 Å². The van der Waals surface area contributed by atoms with Crippen LogP contribution in [0.2, 0.25) is 0 Å². The lowest BCUT2D eigenvalue weighted by Crippen LogP contribution is -2.35. The molecule has 102 valence electrons. The second-order valence-electron chi connectivity index (χ2n) is 4.97. The Bertz CT molecular complexity index is 655. The monoisotopic (exact) mass is 273 g/mol. The van der Waals surface area contributed by atoms with Gasteiger partial charge in [-0.2, -0.15) is 0 Å². The minimum atomic E-state index is -0.703. The lowest BCUT2D eigenvalue weighted by molar-refractivity contribution is 0.0890. The zero-order valence-corrected chi connectivity index (χ0v) is 10.8. The van der Waals surface area contributed by atoms with Gasteiger partial charge in [-0.1, -0.05) is 30.3 Å². The molecular formula is C16H13F2NO. The standard InChI is InChI=1S/C16H13F2NO/c17-12-6-13-14(15(18)7-12)9-19(10-16(13)20)8-11-4-2-1-3-5-11/h1-7H,8-10H2. The Morgan fingerprint density at radius 3 is 2.55 bits per heavy atom. The number of carbonyl (C=O) groups is 1. The summed E-state index contributed by atoms with van der Waals surface area (Å²) in [6.45, 7) is 1.08. The van der Waals surface area contributed by atoms with Crippen molar-refractivity contribution in [2.24, 2.45) is 0 Å². The molecule has 0 saturated carbocycles. The first-order valence-corrected chi connectivity index (χ1v) is 6.41. The maximum absolute atomic E-state index is 13.8. The van der Waals surface area contributed by atoms with Crippen LogP contribution in [0.3, 0.4) is 0 Å². The summed E-state index contributed by atoms with van der Waals surface area (Å²) in [6.07, 6.45) is 0. The Labute approximate surface area is 115 Å². The van der Waals surface area contributed by atoms with Gasteiger partial charge in [-0.3, -0.25) is 9.69 Å². The summed E-state index contributed by atoms with van der Waals surface area (Å²) in [7, 11) is 0. The molecule has 1 aliphatic rings. The van der Waals surface area contributed by atoms with Crippen molar-refractivity contribution in [3.05, 3.63) is 70.8 Å². The molecule has 0 spiro atoms. The van der Waals surface area contributed by atoms with Crippen LogP contribution in [-0.4, -0.2) is 17.2 Å². The first-order chi connectivity index (χ1) is 9.63. The fraction of sp³-hybridized carbons (Fsp3) is 0.188. The number of carbonyl (C=O) groups excluding carboxylic acids is 1. The van der Waals surface area contributed by atoms with E-state index in [-0.39, 0.29) is 17.9 Å². The van der Waals surface area contributed by atoms with Gasteiger partial charge in [0.05, 0.1) is 6.54 Å². The van der Waals surface area contributed by atoms with Gasteiger partial charge in [-0.05, 0) is 11.6 Å². The highest BCUT2D eigenvalue weighted by Gasteiger charge is 2.26. The van der Waals surface area contributed by atoms with Gasteiger partial charge in [0, 0.05) is 30.3 Å². The van der Waals surface area contributed by atoms with Gasteiger partial charge >= 0.3 is 0 Å². The number of rotatable bonds is 2. The van der Waals surface area contributed by atoms with Gasteiger partial charge < -0.3 is 0 Å². The van der Waals surface area contributed by atoms with Gasteiger partial charge in [0.15, 0.2) is 5.78 Å². The Hall–Kier alpha value is -2.07. The van der Waals surface area contributed by atoms with Crippen LogP contribution >= 0.6 is 0 Å². The van der Waals surface area contributed by atoms with Crippen LogP contribution in [0.4, 0.5) is 8.78 Å². The number of fused-ring (bicyclic) bond motifs is 1. The smallest absolute Gasteiger partial charge is 0.177 e. The van der Waals surface area contributed by atoms with Crippen LogP contribution in [0.15, 0.2) is 42.5 Å². The van der Waals surface area contributed by atoms with E-state index in [0.29, 0.717) is 18.7 Å². The van der Waals surface area contributed by atoms with Crippen molar-refractivity contribution in [3.8, 4) is 0 Å². The summed E-state index contributed by atoms with van der Waals surface area (Å²) in [5.74, 6) is -1.59. The minimum absolute atomic E-state index is 0.173. The van der Waals surface area contributed by atoms with Crippen LogP contribution in [0, 0.1) is 11.6 Å². The Balaban J connectivity index is 1.87. The van der Waals surface area contributed by atoms with Crippen molar-refractivity contribution >= 4 is 5.78 Å². The predicted octanol–water partition coefficient (Wildman–Crippen LogP) is 3.16. The van der Waals surface area contributed by atoms with E-state index in [9.17, 15) is 13.6 Å². The summed E-state index contributed by atoms with van der Waals surface area (Å²) in [5.41, 5.74) is 1.52. The summed E-state index contributed by atoms with van der Waals surface area (Å²) in [4.78, 5) is 13.9. The fourth-order valence-corrected chi connectivity index (χ4v) is 2.53. The van der Waals surface area contributed by atoms with Crippen LogP contribution in [0.1, 0.15) is 21.5 Å². The number of Topliss-reactive ketones (excluding diaryl/α,β-unsaturated/α-hetero) is 1. The molecule has 0 aromatic heterocycles. The zero-order valence-electron chi connectivity index (χ0n) is 10.8. The molecule has 0 N–H and O–H groups in total. The summed E-state index contributed by atoms with van der Waals surface area (Å²) < 4.78 is 27.0. The normalized spacial score (nSPS) is 15.2. The molecule has 2 aromatic carbocycles. The van der Waals surface area contributed by atoms with Crippen LogP contribution in [0.5, 0.6) is 0 Å². The van der Waals surface area contributed by atoms with Gasteiger partial charge in [0.25, 0.3) is 0 Å². The van der Waals surface area contributed by atoms with Gasteiger partial charge in [0.1, 0.15) is 11.6 Å². The van der Waals surface area contributed by atoms with Crippen molar-refractivity contribution in [1.29, 1.82) is 0 Å². The van der Waals surface area contributed by atoms with Crippen molar-refractivity contribution < 1.29 is 13.6 Å². The van der Waals surface area contributed by atoms with Crippen LogP contribution < -0.4 is 0 Å². The molecule has 0 bridgehead atoms. The van der Waals surface area contributed by atoms with E-state index in [0.717, 1.165) is 17.7 Å². The van der Waals surface area contributed by atoms with E-state index in [4.69, 9.17) is 0 Å². The molecule has 3 rings (SSSR count). The Morgan fingerprint density at radius 2 is 1.80 bits per heavy atom. The molecule has 0 atom stereocenters. The number of hydrogen-bond acceptors (Lipinski definition) is 2. The summed E-state index contributed by atoms with van der Waals surface area (Å²) >= 11 is 0. The molecule has 0 saturated heterocycles. The average molecular weight is 273 g/mol. The quantitative estimate of drug-likeness (QED) is 0.837. The molecular weight excluding hydrogens is 260 g/mol. The lowest BCUT2D eigenvalue weighted by atomic mass is 9.97. The topological polar surface area (TPSA) is 20.3 Å².